The van der Waals surface area contributed by atoms with E-state index in [4.69, 9.17) is 0 Å². The number of halogens is 2. The Morgan fingerprint density at radius 2 is 2.21 bits per heavy atom. The van der Waals surface area contributed by atoms with Crippen LogP contribution in [-0.2, 0) is 11.2 Å². The van der Waals surface area contributed by atoms with Gasteiger partial charge in [-0.15, -0.1) is 0 Å². The lowest BCUT2D eigenvalue weighted by Crippen LogP contribution is -2.43. The van der Waals surface area contributed by atoms with Crippen LogP contribution in [0.3, 0.4) is 0 Å². The SMILES string of the molecule is O=C(Cc1cc(F)ccc1F)NC[C@H]1CCCCN1. The molecule has 0 aliphatic carbocycles. The van der Waals surface area contributed by atoms with Crippen LogP contribution in [-0.4, -0.2) is 25.0 Å². The summed E-state index contributed by atoms with van der Waals surface area (Å²) in [6.07, 6.45) is 3.23. The molecule has 1 aliphatic rings. The highest BCUT2D eigenvalue weighted by atomic mass is 19.1. The van der Waals surface area contributed by atoms with Crippen molar-refractivity contribution in [1.82, 2.24) is 10.6 Å². The number of carbonyl (C=O) groups excluding carboxylic acids is 1. The molecule has 3 nitrogen and oxygen atoms in total. The number of rotatable bonds is 4. The van der Waals surface area contributed by atoms with E-state index < -0.39 is 11.6 Å². The number of benzene rings is 1. The molecule has 0 aromatic heterocycles. The van der Waals surface area contributed by atoms with E-state index in [1.807, 2.05) is 0 Å². The molecule has 1 saturated heterocycles. The normalized spacial score (nSPS) is 19.2. The average molecular weight is 268 g/mol. The Morgan fingerprint density at radius 3 is 2.95 bits per heavy atom. The fourth-order valence-corrected chi connectivity index (χ4v) is 2.25. The van der Waals surface area contributed by atoms with E-state index in [1.54, 1.807) is 0 Å². The minimum Gasteiger partial charge on any atom is -0.354 e. The lowest BCUT2D eigenvalue weighted by molar-refractivity contribution is -0.120. The summed E-state index contributed by atoms with van der Waals surface area (Å²) in [6.45, 7) is 1.51. The molecular weight excluding hydrogens is 250 g/mol. The molecular formula is C14H18F2N2O. The molecule has 0 saturated carbocycles. The van der Waals surface area contributed by atoms with Crippen LogP contribution in [0, 0.1) is 11.6 Å². The van der Waals surface area contributed by atoms with Crippen molar-refractivity contribution in [2.75, 3.05) is 13.1 Å². The Balaban J connectivity index is 1.81. The standard InChI is InChI=1S/C14H18F2N2O/c15-11-4-5-13(16)10(7-11)8-14(19)18-9-12-3-1-2-6-17-12/h4-5,7,12,17H,1-3,6,8-9H2,(H,18,19)/t12-/m1/s1. The van der Waals surface area contributed by atoms with Gasteiger partial charge in [0.25, 0.3) is 0 Å². The van der Waals surface area contributed by atoms with Crippen LogP contribution in [0.2, 0.25) is 0 Å². The molecule has 19 heavy (non-hydrogen) atoms. The summed E-state index contributed by atoms with van der Waals surface area (Å²) in [7, 11) is 0. The van der Waals surface area contributed by atoms with Crippen molar-refractivity contribution in [3.05, 3.63) is 35.4 Å². The molecule has 1 heterocycles. The topological polar surface area (TPSA) is 41.1 Å². The second-order valence-corrected chi connectivity index (χ2v) is 4.86. The van der Waals surface area contributed by atoms with Gasteiger partial charge in [0.15, 0.2) is 0 Å². The van der Waals surface area contributed by atoms with E-state index in [1.165, 1.54) is 6.42 Å². The largest absolute Gasteiger partial charge is 0.354 e. The van der Waals surface area contributed by atoms with Gasteiger partial charge < -0.3 is 10.6 Å². The highest BCUT2D eigenvalue weighted by Crippen LogP contribution is 2.10. The number of piperidine rings is 1. The van der Waals surface area contributed by atoms with Gasteiger partial charge in [0.2, 0.25) is 5.91 Å². The molecule has 1 fully saturated rings. The Bertz CT molecular complexity index is 445. The molecule has 0 bridgehead atoms. The van der Waals surface area contributed by atoms with Crippen molar-refractivity contribution >= 4 is 5.91 Å². The lowest BCUT2D eigenvalue weighted by atomic mass is 10.0. The summed E-state index contributed by atoms with van der Waals surface area (Å²) in [5.74, 6) is -1.36. The quantitative estimate of drug-likeness (QED) is 0.873. The predicted octanol–water partition coefficient (Wildman–Crippen LogP) is 1.77. The van der Waals surface area contributed by atoms with E-state index in [-0.39, 0.29) is 23.9 Å². The third-order valence-electron chi connectivity index (χ3n) is 3.32. The number of carbonyl (C=O) groups is 1. The molecule has 0 spiro atoms. The van der Waals surface area contributed by atoms with Crippen LogP contribution in [0.4, 0.5) is 8.78 Å². The fraction of sp³-hybridized carbons (Fsp3) is 0.500. The van der Waals surface area contributed by atoms with Crippen molar-refractivity contribution in [3.63, 3.8) is 0 Å². The van der Waals surface area contributed by atoms with E-state index in [0.29, 0.717) is 6.54 Å². The summed E-state index contributed by atoms with van der Waals surface area (Å²) >= 11 is 0. The molecule has 5 heteroatoms. The maximum absolute atomic E-state index is 13.4. The van der Waals surface area contributed by atoms with Gasteiger partial charge in [-0.25, -0.2) is 8.78 Å². The average Bonchev–Trinajstić information content (AvgIpc) is 2.42. The fourth-order valence-electron chi connectivity index (χ4n) is 2.25. The molecule has 1 aromatic carbocycles. The summed E-state index contributed by atoms with van der Waals surface area (Å²) in [5, 5.41) is 6.07. The lowest BCUT2D eigenvalue weighted by Gasteiger charge is -2.23. The Morgan fingerprint density at radius 1 is 1.37 bits per heavy atom. The minimum atomic E-state index is -0.549. The van der Waals surface area contributed by atoms with E-state index >= 15 is 0 Å². The van der Waals surface area contributed by atoms with E-state index in [0.717, 1.165) is 37.6 Å². The van der Waals surface area contributed by atoms with Crippen LogP contribution in [0.1, 0.15) is 24.8 Å². The Hall–Kier alpha value is -1.49. The molecule has 1 aromatic rings. The first-order valence-corrected chi connectivity index (χ1v) is 6.59. The highest BCUT2D eigenvalue weighted by Gasteiger charge is 2.14. The first-order valence-electron chi connectivity index (χ1n) is 6.59. The molecule has 104 valence electrons. The zero-order valence-electron chi connectivity index (χ0n) is 10.7. The van der Waals surface area contributed by atoms with Gasteiger partial charge in [0.1, 0.15) is 11.6 Å². The highest BCUT2D eigenvalue weighted by molar-refractivity contribution is 5.78. The number of hydrogen-bond donors (Lipinski definition) is 2. The number of amides is 1. The third-order valence-corrected chi connectivity index (χ3v) is 3.32. The molecule has 1 amide bonds. The zero-order valence-corrected chi connectivity index (χ0v) is 10.7. The second kappa shape index (κ2) is 6.61. The molecule has 1 aliphatic heterocycles. The number of nitrogens with one attached hydrogen (secondary N) is 2. The second-order valence-electron chi connectivity index (χ2n) is 4.86. The maximum atomic E-state index is 13.4. The van der Waals surface area contributed by atoms with Gasteiger partial charge >= 0.3 is 0 Å². The van der Waals surface area contributed by atoms with Crippen LogP contribution < -0.4 is 10.6 Å². The minimum absolute atomic E-state index is 0.0918. The van der Waals surface area contributed by atoms with Crippen molar-refractivity contribution in [2.24, 2.45) is 0 Å². The van der Waals surface area contributed by atoms with Gasteiger partial charge in [0.05, 0.1) is 6.42 Å². The van der Waals surface area contributed by atoms with Gasteiger partial charge in [0, 0.05) is 18.2 Å². The van der Waals surface area contributed by atoms with Crippen LogP contribution >= 0.6 is 0 Å². The van der Waals surface area contributed by atoms with Gasteiger partial charge in [-0.05, 0) is 37.6 Å². The monoisotopic (exact) mass is 268 g/mol. The van der Waals surface area contributed by atoms with Crippen molar-refractivity contribution < 1.29 is 13.6 Å². The summed E-state index contributed by atoms with van der Waals surface area (Å²) in [4.78, 5) is 11.7. The van der Waals surface area contributed by atoms with Crippen molar-refractivity contribution in [2.45, 2.75) is 31.7 Å². The van der Waals surface area contributed by atoms with E-state index in [2.05, 4.69) is 10.6 Å². The molecule has 1 atom stereocenters. The number of hydrogen-bond acceptors (Lipinski definition) is 2. The predicted molar refractivity (Wildman–Crippen MR) is 68.7 cm³/mol. The molecule has 0 radical (unpaired) electrons. The smallest absolute Gasteiger partial charge is 0.224 e. The Labute approximate surface area is 111 Å². The van der Waals surface area contributed by atoms with Crippen LogP contribution in [0.25, 0.3) is 0 Å². The van der Waals surface area contributed by atoms with Gasteiger partial charge in [-0.2, -0.15) is 0 Å². The third kappa shape index (κ3) is 4.28. The zero-order chi connectivity index (χ0) is 13.7. The van der Waals surface area contributed by atoms with Crippen molar-refractivity contribution in [3.8, 4) is 0 Å². The first kappa shape index (κ1) is 13.9. The summed E-state index contributed by atoms with van der Waals surface area (Å²) < 4.78 is 26.3. The molecule has 2 N–H and O–H groups in total. The van der Waals surface area contributed by atoms with Gasteiger partial charge in [-0.1, -0.05) is 6.42 Å². The van der Waals surface area contributed by atoms with E-state index in [9.17, 15) is 13.6 Å². The first-order chi connectivity index (χ1) is 9.15. The summed E-state index contributed by atoms with van der Waals surface area (Å²) in [6, 6.07) is 3.44. The van der Waals surface area contributed by atoms with Crippen LogP contribution in [0.15, 0.2) is 18.2 Å². The molecule has 0 unspecified atom stereocenters. The Kier molecular flexibility index (Phi) is 4.85. The van der Waals surface area contributed by atoms with Crippen LogP contribution in [0.5, 0.6) is 0 Å². The summed E-state index contributed by atoms with van der Waals surface area (Å²) in [5.41, 5.74) is 0.0918. The maximum Gasteiger partial charge on any atom is 0.224 e. The van der Waals surface area contributed by atoms with Gasteiger partial charge in [-0.3, -0.25) is 4.79 Å². The van der Waals surface area contributed by atoms with Crippen molar-refractivity contribution in [1.29, 1.82) is 0 Å². The molecule has 2 rings (SSSR count).